The minimum absolute atomic E-state index is 0.0502. The third-order valence-electron chi connectivity index (χ3n) is 5.06. The molecule has 17 heavy (non-hydrogen) atoms. The summed E-state index contributed by atoms with van der Waals surface area (Å²) >= 11 is 0. The van der Waals surface area contributed by atoms with Gasteiger partial charge in [0.2, 0.25) is 0 Å². The molecule has 2 aliphatic heterocycles. The zero-order valence-electron chi connectivity index (χ0n) is 11.0. The molecule has 2 heterocycles. The van der Waals surface area contributed by atoms with E-state index < -0.39 is 0 Å². The monoisotopic (exact) mass is 239 g/mol. The molecule has 0 amide bonds. The smallest absolute Gasteiger partial charge is 0.0951 e. The lowest BCUT2D eigenvalue weighted by atomic mass is 9.73. The largest absolute Gasteiger partial charge is 0.378 e. The molecule has 1 saturated carbocycles. The van der Waals surface area contributed by atoms with Crippen molar-refractivity contribution in [1.82, 2.24) is 5.32 Å². The molecular weight excluding hydrogens is 214 g/mol. The maximum absolute atomic E-state index is 5.99. The predicted octanol–water partition coefficient (Wildman–Crippen LogP) is 2.25. The fraction of sp³-hybridized carbons (Fsp3) is 1.00. The van der Waals surface area contributed by atoms with Gasteiger partial charge < -0.3 is 14.8 Å². The Kier molecular flexibility index (Phi) is 3.18. The first-order valence-electron chi connectivity index (χ1n) is 7.25. The summed E-state index contributed by atoms with van der Waals surface area (Å²) in [6, 6.07) is 0.644. The lowest BCUT2D eigenvalue weighted by Gasteiger charge is -2.48. The average molecular weight is 239 g/mol. The van der Waals surface area contributed by atoms with Crippen molar-refractivity contribution in [3.8, 4) is 0 Å². The molecule has 3 nitrogen and oxygen atoms in total. The normalized spacial score (nSPS) is 40.4. The third-order valence-corrected chi connectivity index (χ3v) is 5.06. The Bertz CT molecular complexity index is 262. The van der Waals surface area contributed by atoms with Crippen molar-refractivity contribution < 1.29 is 9.47 Å². The van der Waals surface area contributed by atoms with Crippen LogP contribution in [-0.2, 0) is 9.47 Å². The molecule has 1 N–H and O–H groups in total. The Morgan fingerprint density at radius 3 is 2.71 bits per heavy atom. The van der Waals surface area contributed by atoms with Crippen molar-refractivity contribution in [2.75, 3.05) is 19.8 Å². The second kappa shape index (κ2) is 4.52. The summed E-state index contributed by atoms with van der Waals surface area (Å²) in [4.78, 5) is 0. The van der Waals surface area contributed by atoms with Crippen LogP contribution >= 0.6 is 0 Å². The van der Waals surface area contributed by atoms with E-state index in [1.165, 1.54) is 32.1 Å². The van der Waals surface area contributed by atoms with Crippen LogP contribution < -0.4 is 5.32 Å². The molecule has 2 atom stereocenters. The van der Waals surface area contributed by atoms with Crippen LogP contribution in [0.2, 0.25) is 0 Å². The molecule has 2 saturated heterocycles. The SMILES string of the molecule is CCC1(NC2CCOC3(CCOC3)C2)CCC1. The summed E-state index contributed by atoms with van der Waals surface area (Å²) in [7, 11) is 0. The first-order chi connectivity index (χ1) is 8.26. The Balaban J connectivity index is 1.60. The summed E-state index contributed by atoms with van der Waals surface area (Å²) in [5, 5.41) is 3.93. The number of rotatable bonds is 3. The first kappa shape index (κ1) is 11.9. The van der Waals surface area contributed by atoms with E-state index in [0.717, 1.165) is 32.7 Å². The van der Waals surface area contributed by atoms with E-state index in [1.54, 1.807) is 0 Å². The van der Waals surface area contributed by atoms with Gasteiger partial charge in [0.05, 0.1) is 12.2 Å². The molecule has 1 spiro atoms. The van der Waals surface area contributed by atoms with Crippen molar-refractivity contribution >= 4 is 0 Å². The predicted molar refractivity (Wildman–Crippen MR) is 67.1 cm³/mol. The van der Waals surface area contributed by atoms with Crippen molar-refractivity contribution in [3.63, 3.8) is 0 Å². The van der Waals surface area contributed by atoms with Gasteiger partial charge in [0.15, 0.2) is 0 Å². The summed E-state index contributed by atoms with van der Waals surface area (Å²) in [6.45, 7) is 4.91. The second-order valence-corrected chi connectivity index (χ2v) is 6.16. The zero-order valence-corrected chi connectivity index (χ0v) is 11.0. The average Bonchev–Trinajstić information content (AvgIpc) is 2.72. The summed E-state index contributed by atoms with van der Waals surface area (Å²) in [6.07, 6.45) is 8.81. The quantitative estimate of drug-likeness (QED) is 0.819. The molecule has 0 radical (unpaired) electrons. The fourth-order valence-electron chi connectivity index (χ4n) is 3.65. The minimum atomic E-state index is 0.0502. The van der Waals surface area contributed by atoms with Gasteiger partial charge in [-0.2, -0.15) is 0 Å². The maximum atomic E-state index is 5.99. The molecule has 3 aliphatic rings. The number of hydrogen-bond donors (Lipinski definition) is 1. The summed E-state index contributed by atoms with van der Waals surface area (Å²) in [5.74, 6) is 0. The van der Waals surface area contributed by atoms with E-state index in [-0.39, 0.29) is 5.60 Å². The highest BCUT2D eigenvalue weighted by atomic mass is 16.6. The van der Waals surface area contributed by atoms with Crippen molar-refractivity contribution in [2.45, 2.75) is 69.1 Å². The third kappa shape index (κ3) is 2.25. The van der Waals surface area contributed by atoms with E-state index >= 15 is 0 Å². The van der Waals surface area contributed by atoms with E-state index in [0.29, 0.717) is 11.6 Å². The highest BCUT2D eigenvalue weighted by molar-refractivity contribution is 5.00. The molecule has 1 aliphatic carbocycles. The highest BCUT2D eigenvalue weighted by Gasteiger charge is 2.44. The molecule has 98 valence electrons. The van der Waals surface area contributed by atoms with Gasteiger partial charge in [0, 0.05) is 31.2 Å². The van der Waals surface area contributed by atoms with Gasteiger partial charge in [0.25, 0.3) is 0 Å². The lowest BCUT2D eigenvalue weighted by molar-refractivity contribution is -0.0944. The Hall–Kier alpha value is -0.120. The number of nitrogens with one attached hydrogen (secondary N) is 1. The van der Waals surface area contributed by atoms with Gasteiger partial charge >= 0.3 is 0 Å². The topological polar surface area (TPSA) is 30.5 Å². The Morgan fingerprint density at radius 2 is 2.12 bits per heavy atom. The van der Waals surface area contributed by atoms with Crippen LogP contribution in [0.4, 0.5) is 0 Å². The molecule has 0 bridgehead atoms. The van der Waals surface area contributed by atoms with Gasteiger partial charge in [-0.15, -0.1) is 0 Å². The van der Waals surface area contributed by atoms with Gasteiger partial charge in [-0.1, -0.05) is 6.92 Å². The fourth-order valence-corrected chi connectivity index (χ4v) is 3.65. The summed E-state index contributed by atoms with van der Waals surface area (Å²) in [5.41, 5.74) is 0.511. The van der Waals surface area contributed by atoms with Crippen LogP contribution in [0.25, 0.3) is 0 Å². The lowest BCUT2D eigenvalue weighted by Crippen LogP contribution is -2.58. The standard InChI is InChI=1S/C14H25NO2/c1-2-13(5-3-6-13)15-12-4-8-17-14(10-12)7-9-16-11-14/h12,15H,2-11H2,1H3. The molecule has 3 rings (SSSR count). The first-order valence-corrected chi connectivity index (χ1v) is 7.25. The van der Waals surface area contributed by atoms with Crippen LogP contribution in [-0.4, -0.2) is 37.0 Å². The molecule has 0 aromatic rings. The minimum Gasteiger partial charge on any atom is -0.378 e. The van der Waals surface area contributed by atoms with Gasteiger partial charge in [-0.3, -0.25) is 0 Å². The molecule has 3 heteroatoms. The van der Waals surface area contributed by atoms with Crippen LogP contribution in [0.5, 0.6) is 0 Å². The zero-order chi connectivity index (χ0) is 11.8. The van der Waals surface area contributed by atoms with Crippen LogP contribution in [0.3, 0.4) is 0 Å². The van der Waals surface area contributed by atoms with Crippen molar-refractivity contribution in [3.05, 3.63) is 0 Å². The molecule has 0 aromatic heterocycles. The summed E-state index contributed by atoms with van der Waals surface area (Å²) < 4.78 is 11.5. The number of hydrogen-bond acceptors (Lipinski definition) is 3. The van der Waals surface area contributed by atoms with Crippen LogP contribution in [0, 0.1) is 0 Å². The highest BCUT2D eigenvalue weighted by Crippen LogP contribution is 2.38. The molecular formula is C14H25NO2. The van der Waals surface area contributed by atoms with Gasteiger partial charge in [-0.25, -0.2) is 0 Å². The molecule has 2 unspecified atom stereocenters. The van der Waals surface area contributed by atoms with E-state index in [9.17, 15) is 0 Å². The Labute approximate surface area is 104 Å². The van der Waals surface area contributed by atoms with E-state index in [2.05, 4.69) is 12.2 Å². The van der Waals surface area contributed by atoms with Crippen molar-refractivity contribution in [1.29, 1.82) is 0 Å². The maximum Gasteiger partial charge on any atom is 0.0951 e. The molecule has 3 fully saturated rings. The van der Waals surface area contributed by atoms with E-state index in [1.807, 2.05) is 0 Å². The van der Waals surface area contributed by atoms with Crippen molar-refractivity contribution in [2.24, 2.45) is 0 Å². The Morgan fingerprint density at radius 1 is 1.24 bits per heavy atom. The van der Waals surface area contributed by atoms with Gasteiger partial charge in [0.1, 0.15) is 0 Å². The van der Waals surface area contributed by atoms with Gasteiger partial charge in [-0.05, 0) is 38.5 Å². The van der Waals surface area contributed by atoms with Crippen LogP contribution in [0.1, 0.15) is 51.9 Å². The second-order valence-electron chi connectivity index (χ2n) is 6.16. The van der Waals surface area contributed by atoms with Crippen LogP contribution in [0.15, 0.2) is 0 Å². The molecule has 0 aromatic carbocycles. The van der Waals surface area contributed by atoms with E-state index in [4.69, 9.17) is 9.47 Å². The number of ether oxygens (including phenoxy) is 2.